The van der Waals surface area contributed by atoms with Crippen molar-refractivity contribution in [3.8, 4) is 5.75 Å². The van der Waals surface area contributed by atoms with Crippen LogP contribution in [-0.4, -0.2) is 25.4 Å². The van der Waals surface area contributed by atoms with Gasteiger partial charge < -0.3 is 4.74 Å². The Balaban J connectivity index is 1.68. The van der Waals surface area contributed by atoms with E-state index in [4.69, 9.17) is 4.74 Å². The van der Waals surface area contributed by atoms with Crippen LogP contribution in [0, 0.1) is 0 Å². The number of ether oxygens (including phenoxy) is 1. The predicted molar refractivity (Wildman–Crippen MR) is 131 cm³/mol. The topological polar surface area (TPSA) is 70.5 Å². The minimum Gasteiger partial charge on any atom is -0.494 e. The molecule has 0 aliphatic heterocycles. The highest BCUT2D eigenvalue weighted by molar-refractivity contribution is 7.17. The van der Waals surface area contributed by atoms with Crippen LogP contribution in [0.25, 0.3) is 22.1 Å². The van der Waals surface area contributed by atoms with Crippen LogP contribution in [0.5, 0.6) is 5.75 Å². The Bertz CT molecular complexity index is 1590. The van der Waals surface area contributed by atoms with E-state index in [1.807, 2.05) is 60.8 Å². The van der Waals surface area contributed by atoms with Crippen LogP contribution in [0.2, 0.25) is 0 Å². The van der Waals surface area contributed by atoms with Gasteiger partial charge >= 0.3 is 5.69 Å². The molecule has 0 radical (unpaired) electrons. The molecule has 0 saturated heterocycles. The number of benzene rings is 2. The lowest BCUT2D eigenvalue weighted by atomic mass is 10.1. The van der Waals surface area contributed by atoms with Gasteiger partial charge in [0, 0.05) is 5.56 Å². The molecule has 0 fully saturated rings. The summed E-state index contributed by atoms with van der Waals surface area (Å²) in [5.41, 5.74) is 2.90. The minimum absolute atomic E-state index is 0.175. The van der Waals surface area contributed by atoms with Crippen molar-refractivity contribution in [2.45, 2.75) is 20.0 Å². The van der Waals surface area contributed by atoms with Crippen LogP contribution in [0.4, 0.5) is 0 Å². The Hall–Kier alpha value is -3.91. The number of para-hydroxylation sites is 1. The second-order valence-electron chi connectivity index (χ2n) is 7.59. The summed E-state index contributed by atoms with van der Waals surface area (Å²) in [6.45, 7) is 6.75. The van der Waals surface area contributed by atoms with Gasteiger partial charge in [-0.25, -0.2) is 13.9 Å². The van der Waals surface area contributed by atoms with E-state index in [0.717, 1.165) is 16.7 Å². The van der Waals surface area contributed by atoms with Crippen molar-refractivity contribution in [2.24, 2.45) is 0 Å². The van der Waals surface area contributed by atoms with Gasteiger partial charge in [-0.15, -0.1) is 16.4 Å². The highest BCUT2D eigenvalue weighted by Gasteiger charge is 2.19. The van der Waals surface area contributed by atoms with Crippen LogP contribution < -0.4 is 16.0 Å². The summed E-state index contributed by atoms with van der Waals surface area (Å²) in [4.78, 5) is 26.8. The molecule has 0 saturated carbocycles. The Morgan fingerprint density at radius 2 is 1.85 bits per heavy atom. The average Bonchev–Trinajstić information content (AvgIpc) is 3.43. The lowest BCUT2D eigenvalue weighted by Gasteiger charge is -2.12. The summed E-state index contributed by atoms with van der Waals surface area (Å²) in [6, 6.07) is 17.2. The van der Waals surface area contributed by atoms with Gasteiger partial charge in [-0.1, -0.05) is 55.1 Å². The number of hydrogen-bond donors (Lipinski definition) is 0. The first-order chi connectivity index (χ1) is 16.1. The smallest absolute Gasteiger partial charge is 0.352 e. The fourth-order valence-corrected chi connectivity index (χ4v) is 4.74. The van der Waals surface area contributed by atoms with Gasteiger partial charge in [0.15, 0.2) is 0 Å². The molecule has 0 atom stereocenters. The SMILES string of the molecule is C=Cc1ccc(Cn2nc3n(Cc4ccccc4OCC)c(=O)c4sccc4n3c2=O)cc1. The first-order valence-electron chi connectivity index (χ1n) is 10.6. The van der Waals surface area contributed by atoms with Crippen LogP contribution in [0.15, 0.2) is 76.1 Å². The minimum atomic E-state index is -0.284. The van der Waals surface area contributed by atoms with Gasteiger partial charge in [-0.05, 0) is 35.6 Å². The number of hydrogen-bond acceptors (Lipinski definition) is 5. The fraction of sp³-hybridized carbons (Fsp3) is 0.160. The third-order valence-electron chi connectivity index (χ3n) is 5.54. The molecular formula is C25H22N4O3S. The molecule has 3 aromatic heterocycles. The van der Waals surface area contributed by atoms with E-state index >= 15 is 0 Å². The van der Waals surface area contributed by atoms with Crippen LogP contribution in [0.1, 0.15) is 23.6 Å². The highest BCUT2D eigenvalue weighted by Crippen LogP contribution is 2.22. The van der Waals surface area contributed by atoms with Crippen LogP contribution >= 0.6 is 11.3 Å². The van der Waals surface area contributed by atoms with Crippen molar-refractivity contribution in [3.05, 3.63) is 104 Å². The standard InChI is InChI=1S/C25H22N4O3S/c1-3-17-9-11-18(12-10-17)15-28-25(31)29-20-13-14-33-22(20)23(30)27(24(29)26-28)16-19-7-5-6-8-21(19)32-4-2/h3,5-14H,1,4,15-16H2,2H3. The van der Waals surface area contributed by atoms with E-state index in [1.54, 1.807) is 16.7 Å². The summed E-state index contributed by atoms with van der Waals surface area (Å²) < 4.78 is 10.7. The highest BCUT2D eigenvalue weighted by atomic mass is 32.1. The second-order valence-corrected chi connectivity index (χ2v) is 8.50. The van der Waals surface area contributed by atoms with Crippen molar-refractivity contribution >= 4 is 33.4 Å². The molecule has 33 heavy (non-hydrogen) atoms. The molecule has 5 aromatic rings. The molecule has 8 heteroatoms. The number of nitrogens with zero attached hydrogens (tertiary/aromatic N) is 4. The van der Waals surface area contributed by atoms with Crippen LogP contribution in [-0.2, 0) is 13.1 Å². The third-order valence-corrected chi connectivity index (χ3v) is 6.43. The molecule has 2 aromatic carbocycles. The molecule has 166 valence electrons. The van der Waals surface area contributed by atoms with Gasteiger partial charge in [-0.3, -0.25) is 9.36 Å². The molecule has 3 heterocycles. The van der Waals surface area contributed by atoms with Gasteiger partial charge in [0.25, 0.3) is 5.56 Å². The Kier molecular flexibility index (Phi) is 5.43. The molecule has 0 spiro atoms. The van der Waals surface area contributed by atoms with E-state index in [1.165, 1.54) is 20.4 Å². The molecule has 7 nitrogen and oxygen atoms in total. The number of rotatable bonds is 7. The fourth-order valence-electron chi connectivity index (χ4n) is 3.91. The van der Waals surface area contributed by atoms with Gasteiger partial charge in [0.1, 0.15) is 10.4 Å². The predicted octanol–water partition coefficient (Wildman–Crippen LogP) is 4.01. The first kappa shape index (κ1) is 21.0. The Morgan fingerprint density at radius 3 is 2.61 bits per heavy atom. The van der Waals surface area contributed by atoms with E-state index in [9.17, 15) is 9.59 Å². The second kappa shape index (κ2) is 8.55. The number of fused-ring (bicyclic) bond motifs is 3. The lowest BCUT2D eigenvalue weighted by Crippen LogP contribution is -2.26. The van der Waals surface area contributed by atoms with Crippen molar-refractivity contribution < 1.29 is 4.74 Å². The van der Waals surface area contributed by atoms with Crippen molar-refractivity contribution in [1.29, 1.82) is 0 Å². The molecule has 0 amide bonds. The average molecular weight is 459 g/mol. The summed E-state index contributed by atoms with van der Waals surface area (Å²) in [6.07, 6.45) is 1.77. The third kappa shape index (κ3) is 3.68. The quantitative estimate of drug-likeness (QED) is 0.370. The Labute approximate surface area is 193 Å². The summed E-state index contributed by atoms with van der Waals surface area (Å²) >= 11 is 1.32. The molecule has 0 aliphatic carbocycles. The first-order valence-corrected chi connectivity index (χ1v) is 11.5. The molecule has 0 unspecified atom stereocenters. The summed E-state index contributed by atoms with van der Waals surface area (Å²) in [7, 11) is 0. The maximum absolute atomic E-state index is 13.4. The molecule has 5 rings (SSSR count). The monoisotopic (exact) mass is 458 g/mol. The van der Waals surface area contributed by atoms with Gasteiger partial charge in [0.2, 0.25) is 5.78 Å². The molecule has 0 aliphatic rings. The van der Waals surface area contributed by atoms with E-state index in [-0.39, 0.29) is 17.8 Å². The van der Waals surface area contributed by atoms with Crippen molar-refractivity contribution in [2.75, 3.05) is 6.61 Å². The van der Waals surface area contributed by atoms with E-state index in [2.05, 4.69) is 11.7 Å². The van der Waals surface area contributed by atoms with Gasteiger partial charge in [-0.2, -0.15) is 0 Å². The van der Waals surface area contributed by atoms with Crippen LogP contribution in [0.3, 0.4) is 0 Å². The van der Waals surface area contributed by atoms with E-state index < -0.39 is 0 Å². The zero-order valence-corrected chi connectivity index (χ0v) is 18.9. The number of thiophene rings is 1. The zero-order chi connectivity index (χ0) is 22.9. The zero-order valence-electron chi connectivity index (χ0n) is 18.1. The van der Waals surface area contributed by atoms with E-state index in [0.29, 0.717) is 34.9 Å². The van der Waals surface area contributed by atoms with Gasteiger partial charge in [0.05, 0.1) is 25.2 Å². The molecular weight excluding hydrogens is 436 g/mol. The molecule has 0 bridgehead atoms. The summed E-state index contributed by atoms with van der Waals surface area (Å²) in [5, 5.41) is 6.41. The normalized spacial score (nSPS) is 11.3. The van der Waals surface area contributed by atoms with Crippen molar-refractivity contribution in [1.82, 2.24) is 18.7 Å². The Morgan fingerprint density at radius 1 is 1.06 bits per heavy atom. The van der Waals surface area contributed by atoms with Crippen molar-refractivity contribution in [3.63, 3.8) is 0 Å². The lowest BCUT2D eigenvalue weighted by molar-refractivity contribution is 0.336. The molecule has 0 N–H and O–H groups in total. The maximum atomic E-state index is 13.4. The summed E-state index contributed by atoms with van der Waals surface area (Å²) in [5.74, 6) is 1.02. The number of aromatic nitrogens is 4. The largest absolute Gasteiger partial charge is 0.494 e. The maximum Gasteiger partial charge on any atom is 0.352 e.